The van der Waals surface area contributed by atoms with E-state index >= 15 is 0 Å². The SMILES string of the molecule is Cc1cc(C(=O)Nc2cc(Cl)cc(NS(C)(=O)=O)c2)cn1-c1ccccc1. The lowest BCUT2D eigenvalue weighted by molar-refractivity contribution is 0.102. The number of aromatic nitrogens is 1. The lowest BCUT2D eigenvalue weighted by atomic mass is 10.2. The van der Waals surface area contributed by atoms with Gasteiger partial charge in [0, 0.05) is 28.3 Å². The summed E-state index contributed by atoms with van der Waals surface area (Å²) in [4.78, 5) is 12.6. The first kappa shape index (κ1) is 19.0. The Morgan fingerprint density at radius 2 is 1.70 bits per heavy atom. The number of hydrogen-bond donors (Lipinski definition) is 2. The van der Waals surface area contributed by atoms with Crippen molar-refractivity contribution < 1.29 is 13.2 Å². The number of hydrogen-bond acceptors (Lipinski definition) is 3. The van der Waals surface area contributed by atoms with Crippen molar-refractivity contribution in [3.05, 3.63) is 77.1 Å². The van der Waals surface area contributed by atoms with Gasteiger partial charge < -0.3 is 9.88 Å². The van der Waals surface area contributed by atoms with Gasteiger partial charge in [0.05, 0.1) is 17.5 Å². The zero-order valence-electron chi connectivity index (χ0n) is 14.7. The van der Waals surface area contributed by atoms with Crippen LogP contribution in [0.3, 0.4) is 0 Å². The van der Waals surface area contributed by atoms with Crippen molar-refractivity contribution >= 4 is 38.9 Å². The molecule has 6 nitrogen and oxygen atoms in total. The Hall–Kier alpha value is -2.77. The number of nitrogens with one attached hydrogen (secondary N) is 2. The average molecular weight is 404 g/mol. The fourth-order valence-electron chi connectivity index (χ4n) is 2.70. The number of rotatable bonds is 5. The van der Waals surface area contributed by atoms with Crippen LogP contribution in [0.25, 0.3) is 5.69 Å². The highest BCUT2D eigenvalue weighted by Gasteiger charge is 2.13. The van der Waals surface area contributed by atoms with Crippen molar-refractivity contribution in [1.29, 1.82) is 0 Å². The van der Waals surface area contributed by atoms with Crippen molar-refractivity contribution in [3.8, 4) is 5.69 Å². The molecule has 0 aliphatic rings. The molecular weight excluding hydrogens is 386 g/mol. The quantitative estimate of drug-likeness (QED) is 0.674. The average Bonchev–Trinajstić information content (AvgIpc) is 2.95. The predicted octanol–water partition coefficient (Wildman–Crippen LogP) is 4.06. The van der Waals surface area contributed by atoms with Gasteiger partial charge in [0.2, 0.25) is 10.0 Å². The molecule has 3 aromatic rings. The highest BCUT2D eigenvalue weighted by molar-refractivity contribution is 7.92. The standard InChI is InChI=1S/C19H18ClN3O3S/c1-13-8-14(12-23(13)18-6-4-3-5-7-18)19(24)21-16-9-15(20)10-17(11-16)22-27(2,25)26/h3-12,22H,1-2H3,(H,21,24). The second kappa shape index (κ2) is 7.46. The van der Waals surface area contributed by atoms with E-state index in [9.17, 15) is 13.2 Å². The summed E-state index contributed by atoms with van der Waals surface area (Å²) in [5.41, 5.74) is 3.02. The van der Waals surface area contributed by atoms with Gasteiger partial charge in [0.25, 0.3) is 5.91 Å². The third kappa shape index (κ3) is 4.90. The number of para-hydroxylation sites is 1. The van der Waals surface area contributed by atoms with Crippen LogP contribution in [0, 0.1) is 6.92 Å². The molecule has 8 heteroatoms. The van der Waals surface area contributed by atoms with E-state index in [0.717, 1.165) is 17.6 Å². The van der Waals surface area contributed by atoms with Crippen molar-refractivity contribution in [2.45, 2.75) is 6.92 Å². The maximum atomic E-state index is 12.6. The number of halogens is 1. The van der Waals surface area contributed by atoms with Gasteiger partial charge in [-0.05, 0) is 43.3 Å². The third-order valence-corrected chi connectivity index (χ3v) is 4.59. The molecule has 0 saturated carbocycles. The molecule has 0 unspecified atom stereocenters. The van der Waals surface area contributed by atoms with Crippen molar-refractivity contribution in [1.82, 2.24) is 4.57 Å². The number of benzene rings is 2. The van der Waals surface area contributed by atoms with Crippen LogP contribution in [-0.2, 0) is 10.0 Å². The van der Waals surface area contributed by atoms with E-state index in [1.807, 2.05) is 41.8 Å². The van der Waals surface area contributed by atoms with E-state index in [2.05, 4.69) is 10.0 Å². The normalized spacial score (nSPS) is 11.2. The summed E-state index contributed by atoms with van der Waals surface area (Å²) < 4.78 is 27.1. The number of nitrogens with zero attached hydrogens (tertiary/aromatic N) is 1. The summed E-state index contributed by atoms with van der Waals surface area (Å²) in [5, 5.41) is 3.05. The van der Waals surface area contributed by atoms with Gasteiger partial charge in [-0.15, -0.1) is 0 Å². The molecule has 1 aromatic heterocycles. The topological polar surface area (TPSA) is 80.2 Å². The molecule has 2 N–H and O–H groups in total. The largest absolute Gasteiger partial charge is 0.322 e. The molecule has 0 atom stereocenters. The fraction of sp³-hybridized carbons (Fsp3) is 0.105. The fourth-order valence-corrected chi connectivity index (χ4v) is 3.48. The van der Waals surface area contributed by atoms with Gasteiger partial charge in [0.1, 0.15) is 0 Å². The number of carbonyl (C=O) groups excluding carboxylic acids is 1. The van der Waals surface area contributed by atoms with Gasteiger partial charge in [-0.2, -0.15) is 0 Å². The van der Waals surface area contributed by atoms with E-state index < -0.39 is 10.0 Å². The molecule has 1 heterocycles. The van der Waals surface area contributed by atoms with Crippen LogP contribution in [0.1, 0.15) is 16.1 Å². The van der Waals surface area contributed by atoms with Crippen molar-refractivity contribution in [3.63, 3.8) is 0 Å². The minimum atomic E-state index is -3.45. The summed E-state index contributed by atoms with van der Waals surface area (Å²) in [6, 6.07) is 16.0. The number of aryl methyl sites for hydroxylation is 1. The highest BCUT2D eigenvalue weighted by Crippen LogP contribution is 2.24. The first-order chi connectivity index (χ1) is 12.7. The summed E-state index contributed by atoms with van der Waals surface area (Å²) >= 11 is 6.03. The van der Waals surface area contributed by atoms with Gasteiger partial charge >= 0.3 is 0 Å². The Morgan fingerprint density at radius 3 is 2.37 bits per heavy atom. The number of anilines is 2. The summed E-state index contributed by atoms with van der Waals surface area (Å²) in [5.74, 6) is -0.319. The maximum Gasteiger partial charge on any atom is 0.257 e. The molecule has 27 heavy (non-hydrogen) atoms. The summed E-state index contributed by atoms with van der Waals surface area (Å²) in [7, 11) is -3.45. The van der Waals surface area contributed by atoms with Crippen molar-refractivity contribution in [2.75, 3.05) is 16.3 Å². The molecule has 0 fully saturated rings. The third-order valence-electron chi connectivity index (χ3n) is 3.77. The lowest BCUT2D eigenvalue weighted by Crippen LogP contribution is -2.13. The Morgan fingerprint density at radius 1 is 1.04 bits per heavy atom. The molecule has 0 spiro atoms. The van der Waals surface area contributed by atoms with Gasteiger partial charge in [-0.3, -0.25) is 9.52 Å². The molecule has 0 radical (unpaired) electrons. The number of amides is 1. The summed E-state index contributed by atoms with van der Waals surface area (Å²) in [6.07, 6.45) is 2.79. The van der Waals surface area contributed by atoms with Crippen LogP contribution in [0.2, 0.25) is 5.02 Å². The van der Waals surface area contributed by atoms with Crippen LogP contribution < -0.4 is 10.0 Å². The minimum absolute atomic E-state index is 0.276. The van der Waals surface area contributed by atoms with E-state index in [-0.39, 0.29) is 11.6 Å². The van der Waals surface area contributed by atoms with Gasteiger partial charge in [0.15, 0.2) is 0 Å². The lowest BCUT2D eigenvalue weighted by Gasteiger charge is -2.09. The van der Waals surface area contributed by atoms with E-state index in [4.69, 9.17) is 11.6 Å². The molecule has 140 valence electrons. The first-order valence-corrected chi connectivity index (χ1v) is 10.3. The van der Waals surface area contributed by atoms with Gasteiger partial charge in [-0.25, -0.2) is 8.42 Å². The molecule has 0 saturated heterocycles. The second-order valence-electron chi connectivity index (χ2n) is 6.13. The van der Waals surface area contributed by atoms with Crippen LogP contribution >= 0.6 is 11.6 Å². The smallest absolute Gasteiger partial charge is 0.257 e. The Bertz CT molecular complexity index is 1090. The molecule has 2 aromatic carbocycles. The van der Waals surface area contributed by atoms with E-state index in [0.29, 0.717) is 16.3 Å². The number of carbonyl (C=O) groups is 1. The Balaban J connectivity index is 1.84. The molecule has 0 aliphatic heterocycles. The Labute approximate surface area is 162 Å². The molecule has 1 amide bonds. The molecule has 3 rings (SSSR count). The molecular formula is C19H18ClN3O3S. The minimum Gasteiger partial charge on any atom is -0.322 e. The zero-order valence-corrected chi connectivity index (χ0v) is 16.3. The zero-order chi connectivity index (χ0) is 19.6. The first-order valence-electron chi connectivity index (χ1n) is 8.05. The van der Waals surface area contributed by atoms with Crippen LogP contribution in [0.5, 0.6) is 0 Å². The van der Waals surface area contributed by atoms with Crippen LogP contribution in [0.4, 0.5) is 11.4 Å². The van der Waals surface area contributed by atoms with Crippen LogP contribution in [0.15, 0.2) is 60.8 Å². The van der Waals surface area contributed by atoms with Crippen LogP contribution in [-0.4, -0.2) is 25.1 Å². The van der Waals surface area contributed by atoms with Gasteiger partial charge in [-0.1, -0.05) is 29.8 Å². The molecule has 0 bridgehead atoms. The van der Waals surface area contributed by atoms with Crippen molar-refractivity contribution in [2.24, 2.45) is 0 Å². The Kier molecular flexibility index (Phi) is 5.25. The molecule has 0 aliphatic carbocycles. The van der Waals surface area contributed by atoms with E-state index in [1.165, 1.54) is 12.1 Å². The number of sulfonamides is 1. The second-order valence-corrected chi connectivity index (χ2v) is 8.32. The maximum absolute atomic E-state index is 12.6. The monoisotopic (exact) mass is 403 g/mol. The summed E-state index contributed by atoms with van der Waals surface area (Å²) in [6.45, 7) is 1.91. The predicted molar refractivity (Wildman–Crippen MR) is 108 cm³/mol. The van der Waals surface area contributed by atoms with E-state index in [1.54, 1.807) is 18.3 Å². The highest BCUT2D eigenvalue weighted by atomic mass is 35.5.